The third-order valence-electron chi connectivity index (χ3n) is 2.53. The summed E-state index contributed by atoms with van der Waals surface area (Å²) in [6.45, 7) is 6.10. The van der Waals surface area contributed by atoms with Gasteiger partial charge in [0.25, 0.3) is 0 Å². The van der Waals surface area contributed by atoms with E-state index in [0.717, 1.165) is 9.13 Å². The van der Waals surface area contributed by atoms with Crippen molar-refractivity contribution in [1.82, 2.24) is 5.32 Å². The number of hydrogen-bond donors (Lipinski definition) is 1. The summed E-state index contributed by atoms with van der Waals surface area (Å²) in [6, 6.07) is 5.55. The number of amides is 1. The molecule has 1 N–H and O–H groups in total. The Bertz CT molecular complexity index is 455. The standard InChI is InChI=1S/C14H18INO2/c1-9(2)6-14(18)16-8-12-5-4-11(10(3)17)7-13(12)15/h4-5,7,9H,6,8H2,1-3H3,(H,16,18). The van der Waals surface area contributed by atoms with E-state index in [-0.39, 0.29) is 11.7 Å². The summed E-state index contributed by atoms with van der Waals surface area (Å²) in [6.07, 6.45) is 0.544. The summed E-state index contributed by atoms with van der Waals surface area (Å²) in [5.41, 5.74) is 1.74. The van der Waals surface area contributed by atoms with Crippen LogP contribution < -0.4 is 5.32 Å². The molecule has 1 aromatic carbocycles. The number of carbonyl (C=O) groups excluding carboxylic acids is 2. The first-order valence-corrected chi connectivity index (χ1v) is 7.04. The topological polar surface area (TPSA) is 46.2 Å². The predicted octanol–water partition coefficient (Wildman–Crippen LogP) is 3.16. The largest absolute Gasteiger partial charge is 0.352 e. The Balaban J connectivity index is 2.63. The van der Waals surface area contributed by atoms with Crippen LogP contribution in [0.4, 0.5) is 0 Å². The van der Waals surface area contributed by atoms with E-state index in [1.807, 2.05) is 26.0 Å². The number of rotatable bonds is 5. The van der Waals surface area contributed by atoms with Crippen LogP contribution in [0, 0.1) is 9.49 Å². The first-order valence-electron chi connectivity index (χ1n) is 5.96. The fourth-order valence-corrected chi connectivity index (χ4v) is 2.25. The van der Waals surface area contributed by atoms with Crippen LogP contribution in [-0.4, -0.2) is 11.7 Å². The lowest BCUT2D eigenvalue weighted by Gasteiger charge is -2.09. The van der Waals surface area contributed by atoms with Crippen molar-refractivity contribution in [3.8, 4) is 0 Å². The SMILES string of the molecule is CC(=O)c1ccc(CNC(=O)CC(C)C)c(I)c1. The third-order valence-corrected chi connectivity index (χ3v) is 3.53. The number of ketones is 1. The molecule has 3 nitrogen and oxygen atoms in total. The summed E-state index contributed by atoms with van der Waals surface area (Å²) < 4.78 is 1.00. The van der Waals surface area contributed by atoms with Gasteiger partial charge in [0.2, 0.25) is 5.91 Å². The molecule has 0 aliphatic rings. The van der Waals surface area contributed by atoms with E-state index in [9.17, 15) is 9.59 Å². The zero-order valence-electron chi connectivity index (χ0n) is 10.9. The average Bonchev–Trinajstić information content (AvgIpc) is 2.26. The monoisotopic (exact) mass is 359 g/mol. The maximum atomic E-state index is 11.5. The first-order chi connectivity index (χ1) is 8.40. The van der Waals surface area contributed by atoms with Gasteiger partial charge in [-0.1, -0.05) is 26.0 Å². The molecule has 0 spiro atoms. The molecule has 1 rings (SSSR count). The van der Waals surface area contributed by atoms with Crippen molar-refractivity contribution in [1.29, 1.82) is 0 Å². The van der Waals surface area contributed by atoms with Crippen LogP contribution in [0.3, 0.4) is 0 Å². The lowest BCUT2D eigenvalue weighted by atomic mass is 10.1. The lowest BCUT2D eigenvalue weighted by molar-refractivity contribution is -0.121. The van der Waals surface area contributed by atoms with Crippen molar-refractivity contribution in [2.45, 2.75) is 33.7 Å². The number of benzene rings is 1. The number of hydrogen-bond acceptors (Lipinski definition) is 2. The molecule has 0 aliphatic heterocycles. The molecule has 0 bridgehead atoms. The zero-order valence-corrected chi connectivity index (χ0v) is 13.1. The van der Waals surface area contributed by atoms with Crippen LogP contribution in [0.2, 0.25) is 0 Å². The summed E-state index contributed by atoms with van der Waals surface area (Å²) in [5.74, 6) is 0.490. The average molecular weight is 359 g/mol. The van der Waals surface area contributed by atoms with Crippen molar-refractivity contribution in [2.75, 3.05) is 0 Å². The minimum atomic E-state index is 0.0586. The third kappa shape index (κ3) is 4.76. The van der Waals surface area contributed by atoms with Crippen LogP contribution >= 0.6 is 22.6 Å². The molecule has 1 amide bonds. The molecule has 4 heteroatoms. The molecule has 0 saturated carbocycles. The summed E-state index contributed by atoms with van der Waals surface area (Å²) in [4.78, 5) is 22.8. The highest BCUT2D eigenvalue weighted by atomic mass is 127. The van der Waals surface area contributed by atoms with E-state index >= 15 is 0 Å². The van der Waals surface area contributed by atoms with Gasteiger partial charge in [-0.25, -0.2) is 0 Å². The number of carbonyl (C=O) groups is 2. The Kier molecular flexibility index (Phi) is 5.78. The fraction of sp³-hybridized carbons (Fsp3) is 0.429. The molecule has 98 valence electrons. The highest BCUT2D eigenvalue weighted by molar-refractivity contribution is 14.1. The summed E-state index contributed by atoms with van der Waals surface area (Å²) in [5, 5.41) is 2.89. The Morgan fingerprint density at radius 2 is 2.00 bits per heavy atom. The number of nitrogens with one attached hydrogen (secondary N) is 1. The van der Waals surface area contributed by atoms with Gasteiger partial charge in [0.05, 0.1) is 0 Å². The molecule has 0 saturated heterocycles. The van der Waals surface area contributed by atoms with Crippen molar-refractivity contribution in [2.24, 2.45) is 5.92 Å². The van der Waals surface area contributed by atoms with Gasteiger partial charge in [0.1, 0.15) is 0 Å². The Morgan fingerprint density at radius 3 is 2.50 bits per heavy atom. The van der Waals surface area contributed by atoms with E-state index in [1.165, 1.54) is 0 Å². The van der Waals surface area contributed by atoms with Crippen LogP contribution in [0.1, 0.15) is 43.1 Å². The van der Waals surface area contributed by atoms with Gasteiger partial charge in [-0.15, -0.1) is 0 Å². The van der Waals surface area contributed by atoms with Gasteiger partial charge in [-0.3, -0.25) is 9.59 Å². The molecule has 18 heavy (non-hydrogen) atoms. The van der Waals surface area contributed by atoms with E-state index in [2.05, 4.69) is 27.9 Å². The predicted molar refractivity (Wildman–Crippen MR) is 80.5 cm³/mol. The van der Waals surface area contributed by atoms with Crippen molar-refractivity contribution < 1.29 is 9.59 Å². The van der Waals surface area contributed by atoms with Gasteiger partial charge in [-0.05, 0) is 47.1 Å². The van der Waals surface area contributed by atoms with Gasteiger partial charge < -0.3 is 5.32 Å². The zero-order chi connectivity index (χ0) is 13.7. The fourth-order valence-electron chi connectivity index (χ4n) is 1.55. The number of halogens is 1. The molecule has 0 atom stereocenters. The first kappa shape index (κ1) is 15.1. The van der Waals surface area contributed by atoms with E-state index < -0.39 is 0 Å². The van der Waals surface area contributed by atoms with Crippen molar-refractivity contribution in [3.05, 3.63) is 32.9 Å². The van der Waals surface area contributed by atoms with Crippen molar-refractivity contribution >= 4 is 34.3 Å². The molecule has 0 aliphatic carbocycles. The molecular formula is C14H18INO2. The smallest absolute Gasteiger partial charge is 0.220 e. The lowest BCUT2D eigenvalue weighted by Crippen LogP contribution is -2.24. The minimum Gasteiger partial charge on any atom is -0.352 e. The molecule has 0 unspecified atom stereocenters. The highest BCUT2D eigenvalue weighted by Crippen LogP contribution is 2.15. The van der Waals surface area contributed by atoms with Crippen LogP contribution in [0.5, 0.6) is 0 Å². The van der Waals surface area contributed by atoms with Gasteiger partial charge >= 0.3 is 0 Å². The van der Waals surface area contributed by atoms with Crippen LogP contribution in [-0.2, 0) is 11.3 Å². The number of Topliss-reactive ketones (excluding diaryl/α,β-unsaturated/α-hetero) is 1. The second-order valence-corrected chi connectivity index (χ2v) is 5.90. The van der Waals surface area contributed by atoms with Crippen LogP contribution in [0.15, 0.2) is 18.2 Å². The highest BCUT2D eigenvalue weighted by Gasteiger charge is 2.07. The Morgan fingerprint density at radius 1 is 1.33 bits per heavy atom. The Labute approximate surface area is 121 Å². The Hall–Kier alpha value is -0.910. The molecule has 0 radical (unpaired) electrons. The molecule has 0 aromatic heterocycles. The second-order valence-electron chi connectivity index (χ2n) is 4.74. The van der Waals surface area contributed by atoms with Crippen molar-refractivity contribution in [3.63, 3.8) is 0 Å². The molecule has 0 heterocycles. The van der Waals surface area contributed by atoms with Crippen LogP contribution in [0.25, 0.3) is 0 Å². The van der Waals surface area contributed by atoms with Gasteiger partial charge in [-0.2, -0.15) is 0 Å². The quantitative estimate of drug-likeness (QED) is 0.649. The summed E-state index contributed by atoms with van der Waals surface area (Å²) in [7, 11) is 0. The second kappa shape index (κ2) is 6.87. The van der Waals surface area contributed by atoms with E-state index in [4.69, 9.17) is 0 Å². The molecule has 1 aromatic rings. The maximum absolute atomic E-state index is 11.5. The van der Waals surface area contributed by atoms with E-state index in [1.54, 1.807) is 13.0 Å². The molecule has 0 fully saturated rings. The van der Waals surface area contributed by atoms with Gasteiger partial charge in [0, 0.05) is 22.1 Å². The maximum Gasteiger partial charge on any atom is 0.220 e. The van der Waals surface area contributed by atoms with E-state index in [0.29, 0.717) is 24.4 Å². The van der Waals surface area contributed by atoms with Gasteiger partial charge in [0.15, 0.2) is 5.78 Å². The summed E-state index contributed by atoms with van der Waals surface area (Å²) >= 11 is 2.19. The normalized spacial score (nSPS) is 10.5. The minimum absolute atomic E-state index is 0.0586. The molecular weight excluding hydrogens is 341 g/mol.